The highest BCUT2D eigenvalue weighted by molar-refractivity contribution is 6.47. The van der Waals surface area contributed by atoms with Crippen molar-refractivity contribution in [2.45, 2.75) is 18.6 Å². The van der Waals surface area contributed by atoms with E-state index in [-0.39, 0.29) is 17.9 Å². The summed E-state index contributed by atoms with van der Waals surface area (Å²) in [6.45, 7) is 0. The van der Waals surface area contributed by atoms with E-state index in [1.54, 1.807) is 42.6 Å². The highest BCUT2D eigenvalue weighted by Crippen LogP contribution is 2.32. The number of fused-ring (bicyclic) bond motifs is 1. The number of aromatic hydroxyl groups is 2. The van der Waals surface area contributed by atoms with Crippen molar-refractivity contribution in [3.05, 3.63) is 102 Å². The Labute approximate surface area is 190 Å². The summed E-state index contributed by atoms with van der Waals surface area (Å²) in [7, 11) is 0. The molecule has 0 saturated heterocycles. The van der Waals surface area contributed by atoms with Crippen LogP contribution in [0.5, 0.6) is 11.5 Å². The second-order valence-corrected chi connectivity index (χ2v) is 8.05. The van der Waals surface area contributed by atoms with E-state index in [9.17, 15) is 20.1 Å². The number of carbonyl (C=O) groups is 1. The van der Waals surface area contributed by atoms with Crippen molar-refractivity contribution < 1.29 is 20.1 Å². The summed E-state index contributed by atoms with van der Waals surface area (Å²) in [5.74, 6) is -0.0210. The van der Waals surface area contributed by atoms with Crippen LogP contribution in [-0.4, -0.2) is 43.4 Å². The van der Waals surface area contributed by atoms with Crippen molar-refractivity contribution in [2.24, 2.45) is 9.98 Å². The molecule has 2 heterocycles. The van der Waals surface area contributed by atoms with Crippen LogP contribution in [0.3, 0.4) is 0 Å². The van der Waals surface area contributed by atoms with Crippen molar-refractivity contribution in [2.75, 3.05) is 0 Å². The molecule has 5 rings (SSSR count). The fourth-order valence-electron chi connectivity index (χ4n) is 3.93. The molecule has 33 heavy (non-hydrogen) atoms. The molecule has 0 bridgehead atoms. The van der Waals surface area contributed by atoms with Crippen LogP contribution in [0.1, 0.15) is 16.7 Å². The Hall–Kier alpha value is -4.23. The molecule has 0 radical (unpaired) electrons. The number of aliphatic imine (C=N–C) groups is 2. The highest BCUT2D eigenvalue weighted by atomic mass is 16.3. The number of nitrogens with zero attached hydrogens (tertiary/aromatic N) is 3. The van der Waals surface area contributed by atoms with E-state index in [2.05, 4.69) is 4.99 Å². The lowest BCUT2D eigenvalue weighted by molar-refractivity contribution is -0.141. The number of hydrogen-bond donors (Lipinski definition) is 3. The lowest BCUT2D eigenvalue weighted by Gasteiger charge is -2.23. The fraction of sp³-hybridized carbons (Fsp3) is 0.115. The molecule has 1 atom stereocenters. The molecule has 3 N–H and O–H groups in total. The Kier molecular flexibility index (Phi) is 5.03. The number of rotatable bonds is 5. The van der Waals surface area contributed by atoms with Gasteiger partial charge in [0, 0.05) is 24.6 Å². The Morgan fingerprint density at radius 3 is 2.12 bits per heavy atom. The molecular formula is C26H21N3O4. The number of amides is 1. The Morgan fingerprint density at radius 2 is 1.45 bits per heavy atom. The first-order valence-corrected chi connectivity index (χ1v) is 10.5. The maximum Gasteiger partial charge on any atom is 0.287 e. The average molecular weight is 439 g/mol. The van der Waals surface area contributed by atoms with Gasteiger partial charge in [-0.25, -0.2) is 9.98 Å². The van der Waals surface area contributed by atoms with Crippen LogP contribution in [0.2, 0.25) is 0 Å². The number of phenolic OH excluding ortho intramolecular Hbond substituents is 2. The number of aliphatic hydroxyl groups is 1. The SMILES string of the molecule is O=C1N2C=C(c3ccc(O)cc3)N=C(Cc3ccccc3)C2=N[C@]1(O)Cc1ccc(O)cc1. The third kappa shape index (κ3) is 4.02. The second kappa shape index (κ2) is 8.03. The Balaban J connectivity index is 1.55. The van der Waals surface area contributed by atoms with Crippen LogP contribution in [0.4, 0.5) is 0 Å². The lowest BCUT2D eigenvalue weighted by atomic mass is 10.0. The van der Waals surface area contributed by atoms with Crippen molar-refractivity contribution in [3.8, 4) is 11.5 Å². The lowest BCUT2D eigenvalue weighted by Crippen LogP contribution is -2.43. The van der Waals surface area contributed by atoms with Gasteiger partial charge in [0.1, 0.15) is 11.5 Å². The minimum atomic E-state index is -1.98. The first kappa shape index (κ1) is 20.7. The zero-order valence-corrected chi connectivity index (χ0v) is 17.6. The number of phenols is 2. The van der Waals surface area contributed by atoms with E-state index in [1.807, 2.05) is 30.3 Å². The van der Waals surface area contributed by atoms with Crippen LogP contribution in [0.25, 0.3) is 5.70 Å². The van der Waals surface area contributed by atoms with Gasteiger partial charge in [-0.05, 0) is 47.5 Å². The van der Waals surface area contributed by atoms with E-state index in [4.69, 9.17) is 4.99 Å². The van der Waals surface area contributed by atoms with Crippen molar-refractivity contribution in [1.29, 1.82) is 0 Å². The molecule has 0 unspecified atom stereocenters. The zero-order chi connectivity index (χ0) is 23.0. The molecule has 0 spiro atoms. The summed E-state index contributed by atoms with van der Waals surface area (Å²) in [5, 5.41) is 30.4. The predicted octanol–water partition coefficient (Wildman–Crippen LogP) is 3.27. The third-order valence-corrected chi connectivity index (χ3v) is 5.61. The summed E-state index contributed by atoms with van der Waals surface area (Å²) in [6.07, 6.45) is 1.96. The van der Waals surface area contributed by atoms with Gasteiger partial charge in [0.2, 0.25) is 5.72 Å². The zero-order valence-electron chi connectivity index (χ0n) is 17.6. The molecule has 0 aromatic heterocycles. The smallest absolute Gasteiger partial charge is 0.287 e. The molecule has 0 fully saturated rings. The van der Waals surface area contributed by atoms with E-state index in [0.717, 1.165) is 11.1 Å². The molecule has 1 amide bonds. The normalized spacial score (nSPS) is 19.6. The Morgan fingerprint density at radius 1 is 0.818 bits per heavy atom. The predicted molar refractivity (Wildman–Crippen MR) is 125 cm³/mol. The summed E-state index contributed by atoms with van der Waals surface area (Å²) in [4.78, 5) is 23.9. The van der Waals surface area contributed by atoms with Gasteiger partial charge in [0.25, 0.3) is 5.91 Å². The van der Waals surface area contributed by atoms with Crippen LogP contribution < -0.4 is 0 Å². The standard InChI is InChI=1S/C26H21N3O4/c30-20-10-6-18(7-11-20)15-26(33)25(32)29-16-23(19-8-12-21(31)13-9-19)27-22(24(29)28-26)14-17-4-2-1-3-5-17/h1-13,16,30-31,33H,14-15H2/t26-/m0/s1. The molecule has 2 aliphatic rings. The van der Waals surface area contributed by atoms with Crippen molar-refractivity contribution >= 4 is 23.2 Å². The third-order valence-electron chi connectivity index (χ3n) is 5.61. The van der Waals surface area contributed by atoms with Gasteiger partial charge in [-0.2, -0.15) is 0 Å². The summed E-state index contributed by atoms with van der Waals surface area (Å²) < 4.78 is 0. The average Bonchev–Trinajstić information content (AvgIpc) is 3.07. The number of hydrogen-bond acceptors (Lipinski definition) is 6. The molecule has 164 valence electrons. The Bertz CT molecular complexity index is 1300. The van der Waals surface area contributed by atoms with Gasteiger partial charge in [-0.3, -0.25) is 9.69 Å². The van der Waals surface area contributed by atoms with Crippen LogP contribution in [0.15, 0.2) is 95.0 Å². The molecule has 3 aromatic rings. The van der Waals surface area contributed by atoms with Crippen molar-refractivity contribution in [3.63, 3.8) is 0 Å². The second-order valence-electron chi connectivity index (χ2n) is 8.05. The minimum Gasteiger partial charge on any atom is -0.508 e. The first-order valence-electron chi connectivity index (χ1n) is 10.5. The number of benzene rings is 3. The largest absolute Gasteiger partial charge is 0.508 e. The highest BCUT2D eigenvalue weighted by Gasteiger charge is 2.48. The molecule has 0 saturated carbocycles. The quantitative estimate of drug-likeness (QED) is 0.567. The van der Waals surface area contributed by atoms with Gasteiger partial charge in [-0.1, -0.05) is 42.5 Å². The van der Waals surface area contributed by atoms with E-state index < -0.39 is 11.6 Å². The molecule has 7 nitrogen and oxygen atoms in total. The first-order chi connectivity index (χ1) is 15.9. The summed E-state index contributed by atoms with van der Waals surface area (Å²) in [5.41, 5.74) is 1.48. The monoisotopic (exact) mass is 439 g/mol. The molecule has 2 aliphatic heterocycles. The van der Waals surface area contributed by atoms with E-state index in [0.29, 0.717) is 29.2 Å². The van der Waals surface area contributed by atoms with Crippen molar-refractivity contribution in [1.82, 2.24) is 4.90 Å². The maximum absolute atomic E-state index is 13.3. The maximum atomic E-state index is 13.3. The van der Waals surface area contributed by atoms with Crippen LogP contribution >= 0.6 is 0 Å². The topological polar surface area (TPSA) is 106 Å². The van der Waals surface area contributed by atoms with Gasteiger partial charge >= 0.3 is 0 Å². The summed E-state index contributed by atoms with van der Waals surface area (Å²) >= 11 is 0. The summed E-state index contributed by atoms with van der Waals surface area (Å²) in [6, 6.07) is 22.6. The van der Waals surface area contributed by atoms with Gasteiger partial charge < -0.3 is 15.3 Å². The molecule has 3 aromatic carbocycles. The number of amidine groups is 1. The molecule has 0 aliphatic carbocycles. The van der Waals surface area contributed by atoms with Crippen LogP contribution in [0, 0.1) is 0 Å². The minimum absolute atomic E-state index is 0.0346. The van der Waals surface area contributed by atoms with E-state index in [1.165, 1.54) is 17.0 Å². The van der Waals surface area contributed by atoms with Crippen LogP contribution in [-0.2, 0) is 17.6 Å². The van der Waals surface area contributed by atoms with Gasteiger partial charge in [-0.15, -0.1) is 0 Å². The molecular weight excluding hydrogens is 418 g/mol. The van der Waals surface area contributed by atoms with Gasteiger partial charge in [0.05, 0.1) is 11.4 Å². The van der Waals surface area contributed by atoms with E-state index >= 15 is 0 Å². The molecule has 7 heteroatoms. The fourth-order valence-corrected chi connectivity index (χ4v) is 3.93. The van der Waals surface area contributed by atoms with Gasteiger partial charge in [0.15, 0.2) is 5.84 Å². The number of carbonyl (C=O) groups excluding carboxylic acids is 1.